The van der Waals surface area contributed by atoms with Crippen molar-refractivity contribution in [2.45, 2.75) is 11.8 Å². The molecule has 0 saturated heterocycles. The summed E-state index contributed by atoms with van der Waals surface area (Å²) in [5.41, 5.74) is 0.869. The standard InChI is InChI=1S/C8H10O5S2/c1-7-3-5-8(6-4-7)15(11,12)13-14(2,9)10/h3-6H,1-2H3. The quantitative estimate of drug-likeness (QED) is 0.787. The third kappa shape index (κ3) is 3.61. The van der Waals surface area contributed by atoms with Gasteiger partial charge < -0.3 is 0 Å². The molecule has 1 rings (SSSR count). The summed E-state index contributed by atoms with van der Waals surface area (Å²) in [7, 11) is -8.25. The third-order valence-electron chi connectivity index (χ3n) is 1.52. The summed E-state index contributed by atoms with van der Waals surface area (Å²) in [6.45, 7) is 1.79. The predicted octanol–water partition coefficient (Wildman–Crippen LogP) is 0.660. The van der Waals surface area contributed by atoms with Crippen LogP contribution in [0.15, 0.2) is 29.2 Å². The average molecular weight is 250 g/mol. The smallest absolute Gasteiger partial charge is 0.199 e. The second-order valence-corrected chi connectivity index (χ2v) is 6.37. The summed E-state index contributed by atoms with van der Waals surface area (Å²) >= 11 is 0. The van der Waals surface area contributed by atoms with Crippen LogP contribution in [0, 0.1) is 6.92 Å². The molecule has 5 nitrogen and oxygen atoms in total. The molecule has 0 heterocycles. The average Bonchev–Trinajstić information content (AvgIpc) is 2.00. The zero-order valence-electron chi connectivity index (χ0n) is 8.17. The van der Waals surface area contributed by atoms with E-state index < -0.39 is 20.2 Å². The van der Waals surface area contributed by atoms with Crippen molar-refractivity contribution < 1.29 is 20.5 Å². The molecule has 0 saturated carbocycles. The van der Waals surface area contributed by atoms with Crippen LogP contribution in [0.5, 0.6) is 0 Å². The number of aryl methyl sites for hydroxylation is 1. The predicted molar refractivity (Wildman–Crippen MR) is 54.3 cm³/mol. The van der Waals surface area contributed by atoms with Crippen molar-refractivity contribution >= 4 is 20.2 Å². The van der Waals surface area contributed by atoms with Crippen LogP contribution in [0.1, 0.15) is 5.56 Å². The minimum atomic E-state index is -4.22. The number of rotatable bonds is 3. The molecule has 0 bridgehead atoms. The Morgan fingerprint density at radius 3 is 1.87 bits per heavy atom. The van der Waals surface area contributed by atoms with E-state index in [9.17, 15) is 16.8 Å². The van der Waals surface area contributed by atoms with E-state index in [0.717, 1.165) is 5.56 Å². The molecule has 0 aliphatic carbocycles. The maximum absolute atomic E-state index is 11.4. The van der Waals surface area contributed by atoms with Crippen molar-refractivity contribution in [1.82, 2.24) is 0 Å². The van der Waals surface area contributed by atoms with Crippen molar-refractivity contribution in [3.63, 3.8) is 0 Å². The first-order chi connectivity index (χ1) is 6.71. The Bertz CT molecular complexity index is 539. The van der Waals surface area contributed by atoms with Gasteiger partial charge in [-0.25, -0.2) is 0 Å². The molecule has 1 aromatic rings. The SMILES string of the molecule is Cc1ccc(S(=O)(=O)OS(C)(=O)=O)cc1. The second kappa shape index (κ2) is 3.92. The van der Waals surface area contributed by atoms with Crippen LogP contribution in [0.4, 0.5) is 0 Å². The molecule has 0 aromatic heterocycles. The second-order valence-electron chi connectivity index (χ2n) is 3.04. The molecule has 0 spiro atoms. The summed E-state index contributed by atoms with van der Waals surface area (Å²) in [6, 6.07) is 5.68. The van der Waals surface area contributed by atoms with Crippen molar-refractivity contribution in [3.8, 4) is 0 Å². The highest BCUT2D eigenvalue weighted by Gasteiger charge is 2.20. The van der Waals surface area contributed by atoms with Crippen LogP contribution >= 0.6 is 0 Å². The summed E-state index contributed by atoms with van der Waals surface area (Å²) in [6.07, 6.45) is 0.679. The van der Waals surface area contributed by atoms with Gasteiger partial charge in [-0.05, 0) is 19.1 Å². The minimum absolute atomic E-state index is 0.182. The fourth-order valence-corrected chi connectivity index (χ4v) is 2.99. The first kappa shape index (κ1) is 12.2. The lowest BCUT2D eigenvalue weighted by atomic mass is 10.2. The molecule has 0 aliphatic heterocycles. The van der Waals surface area contributed by atoms with E-state index in [0.29, 0.717) is 6.26 Å². The fraction of sp³-hybridized carbons (Fsp3) is 0.250. The molecule has 84 valence electrons. The van der Waals surface area contributed by atoms with Gasteiger partial charge >= 0.3 is 10.1 Å². The molecule has 0 fully saturated rings. The molecule has 0 aliphatic rings. The van der Waals surface area contributed by atoms with Gasteiger partial charge in [-0.3, -0.25) is 0 Å². The van der Waals surface area contributed by atoms with Crippen molar-refractivity contribution in [2.75, 3.05) is 6.26 Å². The van der Waals surface area contributed by atoms with Gasteiger partial charge in [0, 0.05) is 0 Å². The zero-order valence-corrected chi connectivity index (χ0v) is 9.80. The maximum atomic E-state index is 11.4. The highest BCUT2D eigenvalue weighted by Crippen LogP contribution is 2.14. The maximum Gasteiger partial charge on any atom is 0.311 e. The van der Waals surface area contributed by atoms with Gasteiger partial charge in [0.25, 0.3) is 10.1 Å². The van der Waals surface area contributed by atoms with Crippen molar-refractivity contribution in [1.29, 1.82) is 0 Å². The summed E-state index contributed by atoms with van der Waals surface area (Å²) in [5, 5.41) is 0. The van der Waals surface area contributed by atoms with E-state index in [1.165, 1.54) is 12.1 Å². The Kier molecular flexibility index (Phi) is 3.17. The van der Waals surface area contributed by atoms with Gasteiger partial charge in [0.05, 0.1) is 11.2 Å². The van der Waals surface area contributed by atoms with E-state index in [-0.39, 0.29) is 4.90 Å². The Hall–Kier alpha value is -0.920. The van der Waals surface area contributed by atoms with Gasteiger partial charge in [0.15, 0.2) is 0 Å². The molecule has 7 heteroatoms. The van der Waals surface area contributed by atoms with Crippen LogP contribution in [0.25, 0.3) is 0 Å². The topological polar surface area (TPSA) is 77.5 Å². The summed E-state index contributed by atoms with van der Waals surface area (Å²) < 4.78 is 48.1. The van der Waals surface area contributed by atoms with Crippen molar-refractivity contribution in [3.05, 3.63) is 29.8 Å². The number of hydrogen-bond donors (Lipinski definition) is 0. The summed E-state index contributed by atoms with van der Waals surface area (Å²) in [4.78, 5) is -0.182. The van der Waals surface area contributed by atoms with Crippen LogP contribution in [-0.4, -0.2) is 23.1 Å². The van der Waals surface area contributed by atoms with Crippen LogP contribution < -0.4 is 0 Å². The normalized spacial score (nSPS) is 12.7. The molecule has 1 aromatic carbocycles. The first-order valence-corrected chi connectivity index (χ1v) is 7.16. The largest absolute Gasteiger partial charge is 0.311 e. The minimum Gasteiger partial charge on any atom is -0.199 e. The molecule has 0 amide bonds. The van der Waals surface area contributed by atoms with E-state index in [2.05, 4.69) is 3.63 Å². The van der Waals surface area contributed by atoms with Gasteiger partial charge in [0.1, 0.15) is 0 Å². The Balaban J connectivity index is 3.13. The van der Waals surface area contributed by atoms with Gasteiger partial charge in [-0.1, -0.05) is 17.7 Å². The van der Waals surface area contributed by atoms with E-state index in [4.69, 9.17) is 0 Å². The lowest BCUT2D eigenvalue weighted by molar-refractivity contribution is 0.466. The Morgan fingerprint density at radius 2 is 1.47 bits per heavy atom. The Morgan fingerprint density at radius 1 is 1.00 bits per heavy atom. The molecule has 0 radical (unpaired) electrons. The molecule has 0 unspecified atom stereocenters. The fourth-order valence-electron chi connectivity index (χ4n) is 0.907. The van der Waals surface area contributed by atoms with Gasteiger partial charge in [-0.15, -0.1) is 3.63 Å². The van der Waals surface area contributed by atoms with E-state index in [1.54, 1.807) is 19.1 Å². The van der Waals surface area contributed by atoms with Gasteiger partial charge in [-0.2, -0.15) is 16.8 Å². The number of hydrogen-bond acceptors (Lipinski definition) is 5. The van der Waals surface area contributed by atoms with Crippen LogP contribution in [0.2, 0.25) is 0 Å². The molecule has 0 atom stereocenters. The molecular weight excluding hydrogens is 240 g/mol. The van der Waals surface area contributed by atoms with Crippen LogP contribution in [0.3, 0.4) is 0 Å². The van der Waals surface area contributed by atoms with E-state index >= 15 is 0 Å². The third-order valence-corrected chi connectivity index (χ3v) is 4.08. The lowest BCUT2D eigenvalue weighted by Gasteiger charge is -2.02. The molecular formula is C8H10O5S2. The first-order valence-electron chi connectivity index (χ1n) is 3.93. The number of benzene rings is 1. The lowest BCUT2D eigenvalue weighted by Crippen LogP contribution is -2.12. The molecule has 15 heavy (non-hydrogen) atoms. The summed E-state index contributed by atoms with van der Waals surface area (Å²) in [5.74, 6) is 0. The van der Waals surface area contributed by atoms with E-state index in [1.807, 2.05) is 0 Å². The van der Waals surface area contributed by atoms with Crippen molar-refractivity contribution in [2.24, 2.45) is 0 Å². The molecule has 0 N–H and O–H groups in total. The zero-order chi connectivity index (χ0) is 11.7. The van der Waals surface area contributed by atoms with Crippen LogP contribution in [-0.2, 0) is 23.9 Å². The highest BCUT2D eigenvalue weighted by molar-refractivity contribution is 7.99. The van der Waals surface area contributed by atoms with Gasteiger partial charge in [0.2, 0.25) is 0 Å². The highest BCUT2D eigenvalue weighted by atomic mass is 32.3. The Labute approximate surface area is 88.9 Å². The monoisotopic (exact) mass is 250 g/mol.